The summed E-state index contributed by atoms with van der Waals surface area (Å²) in [5.41, 5.74) is 2.16. The Morgan fingerprint density at radius 3 is 2.75 bits per heavy atom. The molecule has 4 rings (SSSR count). The molecule has 3 aromatic rings. The van der Waals surface area contributed by atoms with Gasteiger partial charge in [0.1, 0.15) is 11.3 Å². The van der Waals surface area contributed by atoms with Crippen LogP contribution in [0.15, 0.2) is 69.2 Å². The highest BCUT2D eigenvalue weighted by molar-refractivity contribution is 8.16. The van der Waals surface area contributed by atoms with Crippen LogP contribution in [0.2, 0.25) is 5.02 Å². The average Bonchev–Trinajstić information content (AvgIpc) is 3.27. The predicted molar refractivity (Wildman–Crippen MR) is 116 cm³/mol. The zero-order chi connectivity index (χ0) is 19.7. The van der Waals surface area contributed by atoms with Gasteiger partial charge in [-0.05, 0) is 49.7 Å². The van der Waals surface area contributed by atoms with Gasteiger partial charge in [-0.1, -0.05) is 48.5 Å². The summed E-state index contributed by atoms with van der Waals surface area (Å²) in [6, 6.07) is 16.9. The number of hydrogen-bond acceptors (Lipinski definition) is 5. The number of carbonyl (C=O) groups is 1. The van der Waals surface area contributed by atoms with Crippen molar-refractivity contribution in [3.63, 3.8) is 0 Å². The van der Waals surface area contributed by atoms with Gasteiger partial charge in [-0.25, -0.2) is 0 Å². The molecule has 0 bridgehead atoms. The van der Waals surface area contributed by atoms with Gasteiger partial charge in [-0.15, -0.1) is 10.2 Å². The first-order chi connectivity index (χ1) is 13.6. The second kappa shape index (κ2) is 7.81. The van der Waals surface area contributed by atoms with Crippen molar-refractivity contribution in [1.29, 1.82) is 0 Å². The molecule has 1 atom stereocenters. The Morgan fingerprint density at radius 2 is 2.00 bits per heavy atom. The number of amidine groups is 1. The standard InChI is InChI=1S/C21H18ClN3O2S/c1-3-19-20(26)25(16-7-5-4-6-8-16)21(28-19)24-23-13(2)18-12-14-11-15(22)9-10-17(14)27-18/h4-12,19H,3H2,1-2H3/b23-13-,24-21-. The third kappa shape index (κ3) is 3.57. The minimum Gasteiger partial charge on any atom is -0.455 e. The number of hydrogen-bond donors (Lipinski definition) is 0. The van der Waals surface area contributed by atoms with E-state index in [2.05, 4.69) is 10.2 Å². The van der Waals surface area contributed by atoms with Crippen LogP contribution < -0.4 is 4.90 Å². The SMILES string of the molecule is CCC1S/C(=N\N=C(\C)c2cc3cc(Cl)ccc3o2)N(c2ccccc2)C1=O. The maximum Gasteiger partial charge on any atom is 0.246 e. The molecule has 1 aliphatic heterocycles. The molecule has 1 aromatic heterocycles. The lowest BCUT2D eigenvalue weighted by Crippen LogP contribution is -2.31. The van der Waals surface area contributed by atoms with Crippen LogP contribution in [0.25, 0.3) is 11.0 Å². The summed E-state index contributed by atoms with van der Waals surface area (Å²) in [7, 11) is 0. The Morgan fingerprint density at radius 1 is 1.21 bits per heavy atom. The predicted octanol–water partition coefficient (Wildman–Crippen LogP) is 5.72. The maximum atomic E-state index is 12.8. The smallest absolute Gasteiger partial charge is 0.246 e. The first-order valence-corrected chi connectivity index (χ1v) is 10.2. The van der Waals surface area contributed by atoms with Crippen molar-refractivity contribution in [3.05, 3.63) is 65.4 Å². The molecule has 7 heteroatoms. The molecule has 1 aliphatic rings. The summed E-state index contributed by atoms with van der Waals surface area (Å²) in [5.74, 6) is 0.651. The van der Waals surface area contributed by atoms with Gasteiger partial charge in [0, 0.05) is 10.4 Å². The zero-order valence-corrected chi connectivity index (χ0v) is 17.0. The Balaban J connectivity index is 1.67. The van der Waals surface area contributed by atoms with Crippen LogP contribution in [0.1, 0.15) is 26.0 Å². The van der Waals surface area contributed by atoms with Crippen molar-refractivity contribution in [1.82, 2.24) is 0 Å². The van der Waals surface area contributed by atoms with Gasteiger partial charge in [-0.2, -0.15) is 0 Å². The summed E-state index contributed by atoms with van der Waals surface area (Å²) < 4.78 is 5.83. The van der Waals surface area contributed by atoms with Crippen LogP contribution in [0.5, 0.6) is 0 Å². The highest BCUT2D eigenvalue weighted by atomic mass is 35.5. The van der Waals surface area contributed by atoms with E-state index in [0.29, 0.717) is 21.7 Å². The molecule has 0 saturated carbocycles. The van der Waals surface area contributed by atoms with E-state index < -0.39 is 0 Å². The van der Waals surface area contributed by atoms with E-state index in [0.717, 1.165) is 23.1 Å². The molecule has 1 saturated heterocycles. The lowest BCUT2D eigenvalue weighted by molar-refractivity contribution is -0.116. The summed E-state index contributed by atoms with van der Waals surface area (Å²) in [6.07, 6.45) is 0.735. The Hall–Kier alpha value is -2.57. The fourth-order valence-corrected chi connectivity index (χ4v) is 4.17. The number of anilines is 1. The van der Waals surface area contributed by atoms with Crippen LogP contribution >= 0.6 is 23.4 Å². The third-order valence-electron chi connectivity index (χ3n) is 4.44. The lowest BCUT2D eigenvalue weighted by atomic mass is 10.2. The largest absolute Gasteiger partial charge is 0.455 e. The number of fused-ring (bicyclic) bond motifs is 1. The Bertz CT molecular complexity index is 1090. The van der Waals surface area contributed by atoms with Gasteiger partial charge in [0.2, 0.25) is 5.91 Å². The highest BCUT2D eigenvalue weighted by Crippen LogP contribution is 2.33. The van der Waals surface area contributed by atoms with Gasteiger partial charge in [0.05, 0.1) is 10.9 Å². The minimum absolute atomic E-state index is 0.0312. The lowest BCUT2D eigenvalue weighted by Gasteiger charge is -2.15. The van der Waals surface area contributed by atoms with Crippen molar-refractivity contribution in [2.24, 2.45) is 10.2 Å². The summed E-state index contributed by atoms with van der Waals surface area (Å²) in [6.45, 7) is 3.82. The number of para-hydroxylation sites is 1. The number of thioether (sulfide) groups is 1. The zero-order valence-electron chi connectivity index (χ0n) is 15.4. The minimum atomic E-state index is -0.150. The van der Waals surface area contributed by atoms with Gasteiger partial charge in [-0.3, -0.25) is 9.69 Å². The number of rotatable bonds is 4. The number of furan rings is 1. The second-order valence-electron chi connectivity index (χ2n) is 6.38. The van der Waals surface area contributed by atoms with Crippen molar-refractivity contribution in [2.45, 2.75) is 25.5 Å². The first kappa shape index (κ1) is 18.8. The van der Waals surface area contributed by atoms with Gasteiger partial charge >= 0.3 is 0 Å². The van der Waals surface area contributed by atoms with E-state index in [1.54, 1.807) is 11.0 Å². The van der Waals surface area contributed by atoms with E-state index in [-0.39, 0.29) is 11.2 Å². The normalized spacial score (nSPS) is 19.2. The quantitative estimate of drug-likeness (QED) is 0.407. The molecule has 0 radical (unpaired) electrons. The summed E-state index contributed by atoms with van der Waals surface area (Å²) in [5, 5.41) is 10.7. The fourth-order valence-electron chi connectivity index (χ4n) is 2.97. The molecule has 28 heavy (non-hydrogen) atoms. The number of carbonyl (C=O) groups excluding carboxylic acids is 1. The molecule has 2 heterocycles. The van der Waals surface area contributed by atoms with Gasteiger partial charge < -0.3 is 4.42 Å². The molecule has 1 fully saturated rings. The first-order valence-electron chi connectivity index (χ1n) is 8.94. The molecule has 0 spiro atoms. The van der Waals surface area contributed by atoms with Crippen LogP contribution in [0.3, 0.4) is 0 Å². The third-order valence-corrected chi connectivity index (χ3v) is 5.97. The molecule has 1 unspecified atom stereocenters. The molecular formula is C21H18ClN3O2S. The maximum absolute atomic E-state index is 12.8. The average molecular weight is 412 g/mol. The van der Waals surface area contributed by atoms with Gasteiger partial charge in [0.15, 0.2) is 10.9 Å². The molecule has 0 N–H and O–H groups in total. The van der Waals surface area contributed by atoms with E-state index in [1.807, 2.05) is 62.4 Å². The van der Waals surface area contributed by atoms with Crippen LogP contribution in [0, 0.1) is 0 Å². The molecule has 142 valence electrons. The molecule has 2 aromatic carbocycles. The topological polar surface area (TPSA) is 58.2 Å². The van der Waals surface area contributed by atoms with Crippen LogP contribution in [0.4, 0.5) is 5.69 Å². The summed E-state index contributed by atoms with van der Waals surface area (Å²) >= 11 is 7.47. The second-order valence-corrected chi connectivity index (χ2v) is 7.99. The van der Waals surface area contributed by atoms with Crippen LogP contribution in [-0.4, -0.2) is 22.0 Å². The number of nitrogens with zero attached hydrogens (tertiary/aromatic N) is 3. The number of benzene rings is 2. The van der Waals surface area contributed by atoms with Crippen molar-refractivity contribution in [3.8, 4) is 0 Å². The fraction of sp³-hybridized carbons (Fsp3) is 0.190. The molecule has 0 aliphatic carbocycles. The Labute approximate surface area is 172 Å². The Kier molecular flexibility index (Phi) is 5.24. The van der Waals surface area contributed by atoms with E-state index in [9.17, 15) is 4.79 Å². The van der Waals surface area contributed by atoms with Crippen molar-refractivity contribution in [2.75, 3.05) is 4.90 Å². The van der Waals surface area contributed by atoms with Gasteiger partial charge in [0.25, 0.3) is 0 Å². The summed E-state index contributed by atoms with van der Waals surface area (Å²) in [4.78, 5) is 14.4. The van der Waals surface area contributed by atoms with E-state index >= 15 is 0 Å². The molecule has 1 amide bonds. The molecular weight excluding hydrogens is 394 g/mol. The van der Waals surface area contributed by atoms with Crippen LogP contribution in [-0.2, 0) is 4.79 Å². The van der Waals surface area contributed by atoms with E-state index in [1.165, 1.54) is 11.8 Å². The number of halogens is 1. The van der Waals surface area contributed by atoms with E-state index in [4.69, 9.17) is 16.0 Å². The van der Waals surface area contributed by atoms with Crippen molar-refractivity contribution >= 4 is 56.8 Å². The van der Waals surface area contributed by atoms with Crippen molar-refractivity contribution < 1.29 is 9.21 Å². The molecule has 5 nitrogen and oxygen atoms in total. The number of amides is 1. The monoisotopic (exact) mass is 411 g/mol. The highest BCUT2D eigenvalue weighted by Gasteiger charge is 2.38.